The number of aromatic nitrogens is 3. The van der Waals surface area contributed by atoms with E-state index in [9.17, 15) is 9.59 Å². The Balaban J connectivity index is 1.35. The van der Waals surface area contributed by atoms with E-state index in [4.69, 9.17) is 9.47 Å². The van der Waals surface area contributed by atoms with Gasteiger partial charge < -0.3 is 24.7 Å². The molecule has 1 aliphatic heterocycles. The zero-order valence-electron chi connectivity index (χ0n) is 25.6. The summed E-state index contributed by atoms with van der Waals surface area (Å²) < 4.78 is 11.0. The number of aromatic amines is 3. The van der Waals surface area contributed by atoms with Crippen LogP contribution in [-0.2, 0) is 20.7 Å². The Kier molecular flexibility index (Phi) is 10.1. The molecule has 0 bridgehead atoms. The Bertz CT molecular complexity index is 1530. The van der Waals surface area contributed by atoms with Gasteiger partial charge in [-0.25, -0.2) is 9.97 Å². The molecule has 0 aliphatic carbocycles. The molecule has 0 unspecified atom stereocenters. The molecule has 2 aromatic heterocycles. The van der Waals surface area contributed by atoms with Crippen molar-refractivity contribution in [1.82, 2.24) is 15.3 Å². The maximum Gasteiger partial charge on any atom is 0.275 e. The molecule has 1 fully saturated rings. The molecule has 0 saturated carbocycles. The lowest BCUT2D eigenvalue weighted by molar-refractivity contribution is -0.391. The number of Topliss-reactive ketones (excluding diaryl/α,β-unsaturated/α-hetero) is 1. The van der Waals surface area contributed by atoms with E-state index < -0.39 is 0 Å². The van der Waals surface area contributed by atoms with Gasteiger partial charge in [0.1, 0.15) is 23.8 Å². The van der Waals surface area contributed by atoms with Crippen molar-refractivity contribution < 1.29 is 24.0 Å². The van der Waals surface area contributed by atoms with Gasteiger partial charge in [-0.3, -0.25) is 9.59 Å². The van der Waals surface area contributed by atoms with E-state index in [0.717, 1.165) is 97.0 Å². The highest BCUT2D eigenvalue weighted by molar-refractivity contribution is 5.91. The van der Waals surface area contributed by atoms with Crippen LogP contribution >= 0.6 is 0 Å². The van der Waals surface area contributed by atoms with Gasteiger partial charge in [0.2, 0.25) is 5.91 Å². The standard InChI is InChI=1S/C34H43N5O4/c1-4-24(40)10-6-5-7-12-30(37-33(41)21-27-23(2)36-29-15-14-25(42-3)20-28(27)29)34-35-22-31(38-34)26-11-8-9-13-32(26)39-16-18-43-19-17-39/h8-9,11,13-15,20,22,30,36H,4-7,10,12,16-19,21H2,1-3H3,(H,35,38)(H,37,41)/p+1/t30-/m0/s1. The van der Waals surface area contributed by atoms with Crippen LogP contribution in [0.15, 0.2) is 48.7 Å². The molecule has 3 heterocycles. The predicted octanol–water partition coefficient (Wildman–Crippen LogP) is 5.46. The molecule has 1 saturated heterocycles. The number of methoxy groups -OCH3 is 1. The number of fused-ring (bicyclic) bond motifs is 1. The number of ether oxygens (including phenoxy) is 2. The first-order valence-electron chi connectivity index (χ1n) is 15.5. The molecule has 228 valence electrons. The summed E-state index contributed by atoms with van der Waals surface area (Å²) in [5, 5.41) is 4.30. The number of nitrogens with zero attached hydrogens (tertiary/aromatic N) is 1. The number of carbonyl (C=O) groups is 2. The van der Waals surface area contributed by atoms with E-state index in [1.54, 1.807) is 7.11 Å². The van der Waals surface area contributed by atoms with Gasteiger partial charge in [0, 0.05) is 53.8 Å². The van der Waals surface area contributed by atoms with E-state index >= 15 is 0 Å². The number of ketones is 1. The van der Waals surface area contributed by atoms with Crippen molar-refractivity contribution in [3.63, 3.8) is 0 Å². The average molecular weight is 587 g/mol. The number of anilines is 1. The smallest absolute Gasteiger partial charge is 0.275 e. The van der Waals surface area contributed by atoms with Crippen molar-refractivity contribution in [2.24, 2.45) is 0 Å². The SMILES string of the molecule is CCC(=O)CCCCC[C@H](NC(=O)Cc1c(C)[nH]c2ccc(OC)cc12)c1[nH]c(-c2ccccc2N2CCOCC2)c[nH+]1. The largest absolute Gasteiger partial charge is 0.497 e. The second-order valence-electron chi connectivity index (χ2n) is 11.3. The Morgan fingerprint density at radius 2 is 1.91 bits per heavy atom. The number of amides is 1. The molecule has 1 aliphatic rings. The number of imidazole rings is 1. The zero-order chi connectivity index (χ0) is 30.2. The van der Waals surface area contributed by atoms with Crippen LogP contribution in [0.25, 0.3) is 22.2 Å². The van der Waals surface area contributed by atoms with Crippen molar-refractivity contribution in [3.8, 4) is 17.0 Å². The predicted molar refractivity (Wildman–Crippen MR) is 168 cm³/mol. The lowest BCUT2D eigenvalue weighted by Crippen LogP contribution is -2.36. The molecular formula is C34H44N5O4+. The highest BCUT2D eigenvalue weighted by Crippen LogP contribution is 2.31. The Morgan fingerprint density at radius 1 is 1.09 bits per heavy atom. The lowest BCUT2D eigenvalue weighted by Gasteiger charge is -2.30. The summed E-state index contributed by atoms with van der Waals surface area (Å²) in [7, 11) is 1.65. The summed E-state index contributed by atoms with van der Waals surface area (Å²) in [6.45, 7) is 7.06. The number of unbranched alkanes of at least 4 members (excludes halogenated alkanes) is 2. The van der Waals surface area contributed by atoms with E-state index in [-0.39, 0.29) is 18.4 Å². The van der Waals surface area contributed by atoms with E-state index in [0.29, 0.717) is 18.6 Å². The van der Waals surface area contributed by atoms with Crippen LogP contribution in [0.5, 0.6) is 5.75 Å². The Labute approximate surface area is 253 Å². The first kappa shape index (κ1) is 30.4. The fourth-order valence-electron chi connectivity index (χ4n) is 5.92. The third-order valence-electron chi connectivity index (χ3n) is 8.38. The highest BCUT2D eigenvalue weighted by atomic mass is 16.5. The van der Waals surface area contributed by atoms with Gasteiger partial charge in [-0.15, -0.1) is 0 Å². The summed E-state index contributed by atoms with van der Waals surface area (Å²) in [6, 6.07) is 14.1. The van der Waals surface area contributed by atoms with E-state index in [1.165, 1.54) is 5.69 Å². The van der Waals surface area contributed by atoms with Gasteiger partial charge in [0.25, 0.3) is 5.82 Å². The molecule has 5 rings (SSSR count). The molecule has 2 aromatic carbocycles. The minimum absolute atomic E-state index is 0.0451. The Hall–Kier alpha value is -4.11. The first-order chi connectivity index (χ1) is 21.0. The number of hydrogen-bond acceptors (Lipinski definition) is 5. The van der Waals surface area contributed by atoms with Crippen molar-refractivity contribution in [2.75, 3.05) is 38.3 Å². The molecule has 4 N–H and O–H groups in total. The number of morpholine rings is 1. The first-order valence-corrected chi connectivity index (χ1v) is 15.5. The summed E-state index contributed by atoms with van der Waals surface area (Å²) in [6.07, 6.45) is 6.92. The molecule has 43 heavy (non-hydrogen) atoms. The fraction of sp³-hybridized carbons (Fsp3) is 0.441. The fourth-order valence-corrected chi connectivity index (χ4v) is 5.92. The van der Waals surface area contributed by atoms with Gasteiger partial charge in [0.05, 0.1) is 26.7 Å². The van der Waals surface area contributed by atoms with Crippen LogP contribution in [0.1, 0.15) is 68.6 Å². The maximum atomic E-state index is 13.6. The topological polar surface area (TPSA) is 114 Å². The third-order valence-corrected chi connectivity index (χ3v) is 8.38. The molecule has 1 atom stereocenters. The van der Waals surface area contributed by atoms with Gasteiger partial charge >= 0.3 is 0 Å². The van der Waals surface area contributed by atoms with Crippen LogP contribution < -0.4 is 19.9 Å². The van der Waals surface area contributed by atoms with Gasteiger partial charge in [-0.05, 0) is 55.7 Å². The van der Waals surface area contributed by atoms with Gasteiger partial charge in [-0.1, -0.05) is 31.9 Å². The number of hydrogen-bond donors (Lipinski definition) is 3. The van der Waals surface area contributed by atoms with Crippen molar-refractivity contribution in [2.45, 2.75) is 64.8 Å². The molecule has 0 spiro atoms. The van der Waals surface area contributed by atoms with E-state index in [1.807, 2.05) is 38.2 Å². The number of rotatable bonds is 14. The minimum atomic E-state index is -0.223. The summed E-state index contributed by atoms with van der Waals surface area (Å²) in [5.41, 5.74) is 6.19. The Morgan fingerprint density at radius 3 is 2.70 bits per heavy atom. The van der Waals surface area contributed by atoms with Gasteiger partial charge in [0.15, 0.2) is 5.69 Å². The maximum absolute atomic E-state index is 13.6. The average Bonchev–Trinajstić information content (AvgIpc) is 3.65. The number of nitrogens with one attached hydrogen (secondary N) is 4. The van der Waals surface area contributed by atoms with Crippen molar-refractivity contribution in [3.05, 3.63) is 65.7 Å². The van der Waals surface area contributed by atoms with Gasteiger partial charge in [-0.2, -0.15) is 0 Å². The number of carbonyl (C=O) groups excluding carboxylic acids is 2. The lowest BCUT2D eigenvalue weighted by atomic mass is 10.0. The van der Waals surface area contributed by atoms with Crippen LogP contribution in [0.4, 0.5) is 5.69 Å². The van der Waals surface area contributed by atoms with Crippen molar-refractivity contribution >= 4 is 28.3 Å². The number of para-hydroxylation sites is 1. The summed E-state index contributed by atoms with van der Waals surface area (Å²) >= 11 is 0. The molecule has 4 aromatic rings. The zero-order valence-corrected chi connectivity index (χ0v) is 25.6. The quantitative estimate of drug-likeness (QED) is 0.170. The van der Waals surface area contributed by atoms with E-state index in [2.05, 4.69) is 49.4 Å². The van der Waals surface area contributed by atoms with Crippen molar-refractivity contribution in [1.29, 1.82) is 0 Å². The molecule has 0 radical (unpaired) electrons. The van der Waals surface area contributed by atoms with Crippen LogP contribution in [0.2, 0.25) is 0 Å². The van der Waals surface area contributed by atoms with Crippen LogP contribution in [0.3, 0.4) is 0 Å². The summed E-state index contributed by atoms with van der Waals surface area (Å²) in [5.74, 6) is 1.88. The number of H-pyrrole nitrogens is 3. The highest BCUT2D eigenvalue weighted by Gasteiger charge is 2.26. The molecule has 9 heteroatoms. The normalized spacial score (nSPS) is 14.2. The molecule has 9 nitrogen and oxygen atoms in total. The van der Waals surface area contributed by atoms with Crippen LogP contribution in [0, 0.1) is 6.92 Å². The summed E-state index contributed by atoms with van der Waals surface area (Å²) in [4.78, 5) is 38.1. The molecular weight excluding hydrogens is 542 g/mol. The monoisotopic (exact) mass is 586 g/mol. The second kappa shape index (κ2) is 14.4. The molecule has 1 amide bonds. The third kappa shape index (κ3) is 7.46. The van der Waals surface area contributed by atoms with Crippen LogP contribution in [-0.4, -0.2) is 55.1 Å². The number of aryl methyl sites for hydroxylation is 1. The second-order valence-corrected chi connectivity index (χ2v) is 11.3. The minimum Gasteiger partial charge on any atom is -0.497 e. The number of benzene rings is 2.